The number of ether oxygens (including phenoxy) is 2. The van der Waals surface area contributed by atoms with E-state index in [2.05, 4.69) is 0 Å². The second kappa shape index (κ2) is 8.13. The maximum absolute atomic E-state index is 12.8. The van der Waals surface area contributed by atoms with Gasteiger partial charge in [0, 0.05) is 26.6 Å². The fraction of sp³-hybridized carbons (Fsp3) is 0.533. The molecule has 1 rings (SSSR count). The third-order valence-corrected chi connectivity index (χ3v) is 5.59. The van der Waals surface area contributed by atoms with Gasteiger partial charge in [-0.2, -0.15) is 9.57 Å². The van der Waals surface area contributed by atoms with Crippen LogP contribution in [-0.2, 0) is 14.8 Å². The van der Waals surface area contributed by atoms with E-state index >= 15 is 0 Å². The maximum atomic E-state index is 12.8. The molecule has 122 valence electrons. The molecule has 0 N–H and O–H groups in total. The molecule has 6 nitrogen and oxygen atoms in total. The lowest BCUT2D eigenvalue weighted by Gasteiger charge is -2.23. The predicted octanol–water partition coefficient (Wildman–Crippen LogP) is 1.86. The molecule has 0 aliphatic rings. The zero-order valence-corrected chi connectivity index (χ0v) is 14.2. The van der Waals surface area contributed by atoms with E-state index in [0.717, 1.165) is 5.56 Å². The molecule has 0 spiro atoms. The van der Waals surface area contributed by atoms with Gasteiger partial charge in [0.2, 0.25) is 10.0 Å². The summed E-state index contributed by atoms with van der Waals surface area (Å²) >= 11 is 0. The zero-order chi connectivity index (χ0) is 16.8. The number of nitrogens with zero attached hydrogens (tertiary/aromatic N) is 2. The molecule has 1 aromatic rings. The van der Waals surface area contributed by atoms with Gasteiger partial charge >= 0.3 is 0 Å². The molecule has 22 heavy (non-hydrogen) atoms. The molecule has 0 bridgehead atoms. The zero-order valence-electron chi connectivity index (χ0n) is 13.4. The third-order valence-electron chi connectivity index (χ3n) is 3.54. The second-order valence-corrected chi connectivity index (χ2v) is 6.73. The number of hydrogen-bond acceptors (Lipinski definition) is 5. The van der Waals surface area contributed by atoms with E-state index in [1.54, 1.807) is 26.2 Å². The van der Waals surface area contributed by atoms with E-state index in [-0.39, 0.29) is 31.0 Å². The van der Waals surface area contributed by atoms with Crippen molar-refractivity contribution in [2.75, 3.05) is 33.9 Å². The summed E-state index contributed by atoms with van der Waals surface area (Å²) < 4.78 is 37.1. The minimum absolute atomic E-state index is 0.136. The Morgan fingerprint density at radius 1 is 1.18 bits per heavy atom. The Balaban J connectivity index is 3.24. The predicted molar refractivity (Wildman–Crippen MR) is 83.3 cm³/mol. The average Bonchev–Trinajstić information content (AvgIpc) is 2.49. The van der Waals surface area contributed by atoms with E-state index < -0.39 is 10.0 Å². The molecule has 1 aromatic carbocycles. The summed E-state index contributed by atoms with van der Waals surface area (Å²) in [5.74, 6) is 0.650. The monoisotopic (exact) mass is 326 g/mol. The molecule has 0 aliphatic heterocycles. The summed E-state index contributed by atoms with van der Waals surface area (Å²) in [5, 5.41) is 8.72. The fourth-order valence-electron chi connectivity index (χ4n) is 2.13. The highest BCUT2D eigenvalue weighted by Gasteiger charge is 2.26. The SMILES string of the molecule is COCCN(CCC#N)S(=O)(=O)c1ccc(OC)c(C)c1C. The van der Waals surface area contributed by atoms with Gasteiger partial charge in [-0.3, -0.25) is 0 Å². The fourth-order valence-corrected chi connectivity index (χ4v) is 3.84. The molecule has 0 aromatic heterocycles. The highest BCUT2D eigenvalue weighted by atomic mass is 32.2. The van der Waals surface area contributed by atoms with Crippen LogP contribution in [-0.4, -0.2) is 46.6 Å². The van der Waals surface area contributed by atoms with Crippen molar-refractivity contribution in [1.29, 1.82) is 5.26 Å². The molecule has 0 saturated carbocycles. The number of methoxy groups -OCH3 is 2. The average molecular weight is 326 g/mol. The van der Waals surface area contributed by atoms with E-state index in [1.165, 1.54) is 11.4 Å². The lowest BCUT2D eigenvalue weighted by molar-refractivity contribution is 0.179. The van der Waals surface area contributed by atoms with Crippen LogP contribution in [0.3, 0.4) is 0 Å². The smallest absolute Gasteiger partial charge is 0.243 e. The van der Waals surface area contributed by atoms with Gasteiger partial charge in [-0.25, -0.2) is 8.42 Å². The Morgan fingerprint density at radius 3 is 2.41 bits per heavy atom. The van der Waals surface area contributed by atoms with Gasteiger partial charge in [-0.1, -0.05) is 0 Å². The summed E-state index contributed by atoms with van der Waals surface area (Å²) in [4.78, 5) is 0.236. The number of sulfonamides is 1. The van der Waals surface area contributed by atoms with E-state index in [9.17, 15) is 8.42 Å². The third kappa shape index (κ3) is 3.97. The van der Waals surface area contributed by atoms with Crippen LogP contribution >= 0.6 is 0 Å². The van der Waals surface area contributed by atoms with Crippen LogP contribution in [0.5, 0.6) is 5.75 Å². The van der Waals surface area contributed by atoms with Crippen molar-refractivity contribution in [3.05, 3.63) is 23.3 Å². The van der Waals surface area contributed by atoms with Gasteiger partial charge in [0.15, 0.2) is 0 Å². The summed E-state index contributed by atoms with van der Waals surface area (Å²) in [6.45, 7) is 4.21. The number of hydrogen-bond donors (Lipinski definition) is 0. The van der Waals surface area contributed by atoms with Gasteiger partial charge in [0.25, 0.3) is 0 Å². The molecule has 0 unspecified atom stereocenters. The summed E-state index contributed by atoms with van der Waals surface area (Å²) in [5.41, 5.74) is 1.44. The quantitative estimate of drug-likeness (QED) is 0.728. The highest BCUT2D eigenvalue weighted by Crippen LogP contribution is 2.28. The first-order chi connectivity index (χ1) is 10.4. The standard InChI is InChI=1S/C15H22N2O4S/c1-12-13(2)15(7-6-14(12)21-4)22(18,19)17(9-5-8-16)10-11-20-3/h6-7H,5,9-11H2,1-4H3. The van der Waals surface area contributed by atoms with Crippen LogP contribution in [0.15, 0.2) is 17.0 Å². The van der Waals surface area contributed by atoms with Crippen molar-refractivity contribution in [1.82, 2.24) is 4.31 Å². The number of rotatable bonds is 8. The lowest BCUT2D eigenvalue weighted by Crippen LogP contribution is -2.35. The van der Waals surface area contributed by atoms with Crippen LogP contribution in [0.2, 0.25) is 0 Å². The van der Waals surface area contributed by atoms with Crippen LogP contribution in [0.1, 0.15) is 17.5 Å². The van der Waals surface area contributed by atoms with Gasteiger partial charge in [-0.15, -0.1) is 0 Å². The van der Waals surface area contributed by atoms with Gasteiger partial charge in [0.05, 0.1) is 24.7 Å². The molecule has 0 amide bonds. The van der Waals surface area contributed by atoms with Crippen LogP contribution < -0.4 is 4.74 Å². The van der Waals surface area contributed by atoms with Crippen molar-refractivity contribution >= 4 is 10.0 Å². The first-order valence-corrected chi connectivity index (χ1v) is 8.34. The van der Waals surface area contributed by atoms with Crippen LogP contribution in [0.4, 0.5) is 0 Å². The van der Waals surface area contributed by atoms with Crippen molar-refractivity contribution in [2.24, 2.45) is 0 Å². The Kier molecular flexibility index (Phi) is 6.81. The molecule has 0 heterocycles. The normalized spacial score (nSPS) is 11.5. The largest absolute Gasteiger partial charge is 0.496 e. The van der Waals surface area contributed by atoms with Crippen molar-refractivity contribution in [2.45, 2.75) is 25.2 Å². The van der Waals surface area contributed by atoms with E-state index in [1.807, 2.05) is 13.0 Å². The maximum Gasteiger partial charge on any atom is 0.243 e. The number of benzene rings is 1. The van der Waals surface area contributed by atoms with Gasteiger partial charge in [-0.05, 0) is 37.1 Å². The molecule has 0 aliphatic carbocycles. The van der Waals surface area contributed by atoms with Crippen LogP contribution in [0.25, 0.3) is 0 Å². The molecular weight excluding hydrogens is 304 g/mol. The van der Waals surface area contributed by atoms with Crippen LogP contribution in [0, 0.1) is 25.2 Å². The van der Waals surface area contributed by atoms with Gasteiger partial charge < -0.3 is 9.47 Å². The Hall–Kier alpha value is -1.62. The summed E-state index contributed by atoms with van der Waals surface area (Å²) in [6.07, 6.45) is 0.136. The summed E-state index contributed by atoms with van der Waals surface area (Å²) in [6, 6.07) is 5.17. The van der Waals surface area contributed by atoms with E-state index in [0.29, 0.717) is 11.3 Å². The molecule has 0 fully saturated rings. The van der Waals surface area contributed by atoms with Crippen molar-refractivity contribution < 1.29 is 17.9 Å². The minimum atomic E-state index is -3.68. The Morgan fingerprint density at radius 2 is 1.86 bits per heavy atom. The first-order valence-electron chi connectivity index (χ1n) is 6.90. The van der Waals surface area contributed by atoms with Crippen molar-refractivity contribution in [3.8, 4) is 11.8 Å². The second-order valence-electron chi connectivity index (χ2n) is 4.82. The molecule has 0 saturated heterocycles. The Labute approximate surface area is 132 Å². The van der Waals surface area contributed by atoms with E-state index in [4.69, 9.17) is 14.7 Å². The Bertz CT molecular complexity index is 650. The summed E-state index contributed by atoms with van der Waals surface area (Å²) in [7, 11) is -0.616. The number of nitriles is 1. The minimum Gasteiger partial charge on any atom is -0.496 e. The highest BCUT2D eigenvalue weighted by molar-refractivity contribution is 7.89. The molecular formula is C15H22N2O4S. The molecule has 0 radical (unpaired) electrons. The van der Waals surface area contributed by atoms with Gasteiger partial charge in [0.1, 0.15) is 5.75 Å². The topological polar surface area (TPSA) is 79.6 Å². The molecule has 7 heteroatoms. The van der Waals surface area contributed by atoms with Crippen molar-refractivity contribution in [3.63, 3.8) is 0 Å². The first kappa shape index (κ1) is 18.4. The molecule has 0 atom stereocenters. The lowest BCUT2D eigenvalue weighted by atomic mass is 10.1.